The van der Waals surface area contributed by atoms with E-state index in [0.717, 1.165) is 11.3 Å². The van der Waals surface area contributed by atoms with Crippen LogP contribution in [-0.2, 0) is 11.3 Å². The fourth-order valence-electron chi connectivity index (χ4n) is 2.03. The van der Waals surface area contributed by atoms with Crippen LogP contribution in [0.3, 0.4) is 0 Å². The topological polar surface area (TPSA) is 40.5 Å². The highest BCUT2D eigenvalue weighted by molar-refractivity contribution is 6.30. The molecule has 0 unspecified atom stereocenters. The molecule has 2 rings (SSSR count). The molecular weight excluding hydrogens is 293 g/mol. The van der Waals surface area contributed by atoms with E-state index in [9.17, 15) is 9.18 Å². The first kappa shape index (κ1) is 15.3. The number of carboxylic acids is 1. The van der Waals surface area contributed by atoms with Gasteiger partial charge in [0, 0.05) is 18.8 Å². The minimum Gasteiger partial charge on any atom is -0.481 e. The monoisotopic (exact) mass is 307 g/mol. The average Bonchev–Trinajstić information content (AvgIpc) is 2.48. The molecule has 0 amide bonds. The van der Waals surface area contributed by atoms with Crippen molar-refractivity contribution in [3.63, 3.8) is 0 Å². The third-order valence-electron chi connectivity index (χ3n) is 3.07. The van der Waals surface area contributed by atoms with Gasteiger partial charge in [0.1, 0.15) is 5.82 Å². The molecule has 0 radical (unpaired) electrons. The van der Waals surface area contributed by atoms with Gasteiger partial charge in [-0.1, -0.05) is 35.9 Å². The number of carboxylic acid groups (broad SMARTS) is 1. The van der Waals surface area contributed by atoms with Gasteiger partial charge in [0.2, 0.25) is 0 Å². The Hall–Kier alpha value is -2.07. The lowest BCUT2D eigenvalue weighted by Crippen LogP contribution is -2.25. The van der Waals surface area contributed by atoms with Crippen LogP contribution in [0.5, 0.6) is 0 Å². The Morgan fingerprint density at radius 1 is 1.19 bits per heavy atom. The summed E-state index contributed by atoms with van der Waals surface area (Å²) in [5.74, 6) is -1.33. The van der Waals surface area contributed by atoms with E-state index >= 15 is 0 Å². The number of benzene rings is 2. The van der Waals surface area contributed by atoms with Crippen molar-refractivity contribution < 1.29 is 14.3 Å². The zero-order chi connectivity index (χ0) is 15.2. The highest BCUT2D eigenvalue weighted by Crippen LogP contribution is 2.20. The van der Waals surface area contributed by atoms with Crippen molar-refractivity contribution in [2.45, 2.75) is 13.0 Å². The van der Waals surface area contributed by atoms with Crippen molar-refractivity contribution in [3.05, 3.63) is 64.9 Å². The molecule has 1 N–H and O–H groups in total. The first-order chi connectivity index (χ1) is 10.1. The number of hydrogen-bond donors (Lipinski definition) is 1. The Labute approximate surface area is 127 Å². The normalized spacial score (nSPS) is 10.4. The van der Waals surface area contributed by atoms with Gasteiger partial charge in [0.25, 0.3) is 0 Å². The van der Waals surface area contributed by atoms with Crippen LogP contribution in [0.1, 0.15) is 12.0 Å². The van der Waals surface area contributed by atoms with Gasteiger partial charge in [-0.3, -0.25) is 4.79 Å². The molecule has 0 heterocycles. The molecule has 2 aromatic carbocycles. The molecule has 0 aromatic heterocycles. The summed E-state index contributed by atoms with van der Waals surface area (Å²) in [4.78, 5) is 12.7. The van der Waals surface area contributed by atoms with Crippen LogP contribution >= 0.6 is 11.6 Å². The van der Waals surface area contributed by atoms with Crippen LogP contribution in [0.4, 0.5) is 10.1 Å². The van der Waals surface area contributed by atoms with E-state index in [4.69, 9.17) is 16.7 Å². The lowest BCUT2D eigenvalue weighted by Gasteiger charge is -2.24. The first-order valence-electron chi connectivity index (χ1n) is 6.52. The zero-order valence-corrected chi connectivity index (χ0v) is 12.1. The molecule has 0 bridgehead atoms. The number of para-hydroxylation sites is 1. The fourth-order valence-corrected chi connectivity index (χ4v) is 2.14. The Morgan fingerprint density at radius 3 is 2.52 bits per heavy atom. The Kier molecular flexibility index (Phi) is 5.17. The van der Waals surface area contributed by atoms with Crippen LogP contribution in [0, 0.1) is 5.82 Å². The summed E-state index contributed by atoms with van der Waals surface area (Å²) >= 11 is 5.67. The van der Waals surface area contributed by atoms with Crippen molar-refractivity contribution in [2.75, 3.05) is 11.4 Å². The van der Waals surface area contributed by atoms with E-state index in [2.05, 4.69) is 0 Å². The minimum absolute atomic E-state index is 0.0188. The molecule has 3 nitrogen and oxygen atoms in total. The van der Waals surface area contributed by atoms with Crippen molar-refractivity contribution >= 4 is 23.3 Å². The van der Waals surface area contributed by atoms with Gasteiger partial charge in [-0.05, 0) is 29.8 Å². The van der Waals surface area contributed by atoms with Gasteiger partial charge in [0.05, 0.1) is 11.4 Å². The number of anilines is 1. The number of hydrogen-bond acceptors (Lipinski definition) is 2. The molecular formula is C16H15ClFNO2. The summed E-state index contributed by atoms with van der Waals surface area (Å²) in [6.45, 7) is 0.773. The van der Waals surface area contributed by atoms with Crippen LogP contribution in [0.15, 0.2) is 48.5 Å². The number of halogens is 2. The van der Waals surface area contributed by atoms with E-state index < -0.39 is 11.8 Å². The summed E-state index contributed by atoms with van der Waals surface area (Å²) in [5.41, 5.74) is 1.64. The van der Waals surface area contributed by atoms with Crippen molar-refractivity contribution in [2.24, 2.45) is 0 Å². The second-order valence-corrected chi connectivity index (χ2v) is 5.06. The van der Waals surface area contributed by atoms with Crippen LogP contribution in [-0.4, -0.2) is 17.6 Å². The van der Waals surface area contributed by atoms with Gasteiger partial charge in [-0.25, -0.2) is 4.39 Å². The molecule has 0 aliphatic heterocycles. The number of carbonyl (C=O) groups is 1. The first-order valence-corrected chi connectivity index (χ1v) is 6.90. The lowest BCUT2D eigenvalue weighted by molar-refractivity contribution is -0.136. The van der Waals surface area contributed by atoms with Crippen LogP contribution in [0.25, 0.3) is 0 Å². The number of aliphatic carboxylic acids is 1. The average molecular weight is 308 g/mol. The maximum atomic E-state index is 13.5. The molecule has 110 valence electrons. The quantitative estimate of drug-likeness (QED) is 0.878. The van der Waals surface area contributed by atoms with Crippen molar-refractivity contribution in [3.8, 4) is 0 Å². The SMILES string of the molecule is O=C(O)CCN(Cc1ccc(Cl)c(F)c1)c1ccccc1. The molecule has 0 aliphatic rings. The van der Waals surface area contributed by atoms with Gasteiger partial charge >= 0.3 is 5.97 Å². The summed E-state index contributed by atoms with van der Waals surface area (Å²) in [7, 11) is 0. The molecule has 0 fully saturated rings. The highest BCUT2D eigenvalue weighted by atomic mass is 35.5. The maximum Gasteiger partial charge on any atom is 0.305 e. The van der Waals surface area contributed by atoms with Crippen LogP contribution in [0.2, 0.25) is 5.02 Å². The van der Waals surface area contributed by atoms with Gasteiger partial charge in [-0.15, -0.1) is 0 Å². The summed E-state index contributed by atoms with van der Waals surface area (Å²) in [6, 6.07) is 14.1. The second-order valence-electron chi connectivity index (χ2n) is 4.65. The van der Waals surface area contributed by atoms with Gasteiger partial charge < -0.3 is 10.0 Å². The van der Waals surface area contributed by atoms with E-state index in [1.807, 2.05) is 35.2 Å². The molecule has 0 aliphatic carbocycles. The molecule has 5 heteroatoms. The second kappa shape index (κ2) is 7.09. The minimum atomic E-state index is -0.863. The Morgan fingerprint density at radius 2 is 1.90 bits per heavy atom. The third-order valence-corrected chi connectivity index (χ3v) is 3.38. The standard InChI is InChI=1S/C16H15ClFNO2/c17-14-7-6-12(10-15(14)18)11-19(9-8-16(20)21)13-4-2-1-3-5-13/h1-7,10H,8-9,11H2,(H,20,21). The van der Waals surface area contributed by atoms with Crippen molar-refractivity contribution in [1.29, 1.82) is 0 Å². The summed E-state index contributed by atoms with van der Waals surface area (Å²) in [5, 5.41) is 8.93. The van der Waals surface area contributed by atoms with E-state index in [1.165, 1.54) is 12.1 Å². The largest absolute Gasteiger partial charge is 0.481 e. The molecule has 0 spiro atoms. The predicted molar refractivity (Wildman–Crippen MR) is 81.2 cm³/mol. The number of rotatable bonds is 6. The lowest BCUT2D eigenvalue weighted by atomic mass is 10.2. The molecule has 21 heavy (non-hydrogen) atoms. The predicted octanol–water partition coefficient (Wildman–Crippen LogP) is 3.96. The molecule has 0 saturated heterocycles. The molecule has 2 aromatic rings. The zero-order valence-electron chi connectivity index (χ0n) is 11.3. The fraction of sp³-hybridized carbons (Fsp3) is 0.188. The summed E-state index contributed by atoms with van der Waals surface area (Å²) < 4.78 is 13.5. The van der Waals surface area contributed by atoms with E-state index in [-0.39, 0.29) is 11.4 Å². The Balaban J connectivity index is 2.18. The molecule has 0 saturated carbocycles. The third kappa shape index (κ3) is 4.46. The van der Waals surface area contributed by atoms with E-state index in [0.29, 0.717) is 13.1 Å². The molecule has 0 atom stereocenters. The summed E-state index contributed by atoms with van der Waals surface area (Å²) in [6.07, 6.45) is 0.0188. The van der Waals surface area contributed by atoms with E-state index in [1.54, 1.807) is 6.07 Å². The number of nitrogens with zero attached hydrogens (tertiary/aromatic N) is 1. The smallest absolute Gasteiger partial charge is 0.305 e. The Bertz CT molecular complexity index is 619. The highest BCUT2D eigenvalue weighted by Gasteiger charge is 2.10. The van der Waals surface area contributed by atoms with Crippen molar-refractivity contribution in [1.82, 2.24) is 0 Å². The van der Waals surface area contributed by atoms with Gasteiger partial charge in [-0.2, -0.15) is 0 Å². The maximum absolute atomic E-state index is 13.5. The van der Waals surface area contributed by atoms with Gasteiger partial charge in [0.15, 0.2) is 0 Å². The van der Waals surface area contributed by atoms with Crippen LogP contribution < -0.4 is 4.90 Å².